The van der Waals surface area contributed by atoms with Crippen LogP contribution in [-0.2, 0) is 9.59 Å². The van der Waals surface area contributed by atoms with E-state index < -0.39 is 5.92 Å². The third kappa shape index (κ3) is 4.61. The molecule has 0 heterocycles. The maximum absolute atomic E-state index is 12.3. The summed E-state index contributed by atoms with van der Waals surface area (Å²) < 4.78 is 0. The molecule has 112 valence electrons. The number of carbonyl (C=O) groups excluding carboxylic acids is 2. The third-order valence-corrected chi connectivity index (χ3v) is 5.07. The number of thioether (sulfide) groups is 2. The van der Waals surface area contributed by atoms with Gasteiger partial charge in [0, 0.05) is 15.4 Å². The van der Waals surface area contributed by atoms with E-state index >= 15 is 0 Å². The van der Waals surface area contributed by atoms with Gasteiger partial charge in [-0.1, -0.05) is 61.7 Å². The Labute approximate surface area is 139 Å². The first kappa shape index (κ1) is 16.6. The molecule has 0 saturated heterocycles. The smallest absolute Gasteiger partial charge is 0.220 e. The van der Waals surface area contributed by atoms with Crippen LogP contribution >= 0.6 is 23.5 Å². The molecule has 1 unspecified atom stereocenters. The molecule has 0 aliphatic carbocycles. The van der Waals surface area contributed by atoms with Crippen LogP contribution in [0.3, 0.4) is 0 Å². The molecular weight excluding hydrogens is 312 g/mol. The molecule has 0 aliphatic rings. The van der Waals surface area contributed by atoms with Crippen molar-refractivity contribution in [3.05, 3.63) is 72.8 Å². The molecule has 0 radical (unpaired) electrons. The average Bonchev–Trinajstić information content (AvgIpc) is 2.55. The quantitative estimate of drug-likeness (QED) is 0.582. The Balaban J connectivity index is 1.96. The average molecular weight is 328 g/mol. The second kappa shape index (κ2) is 8.01. The summed E-state index contributed by atoms with van der Waals surface area (Å²) in [5.74, 6) is -0.506. The first-order valence-corrected chi connectivity index (χ1v) is 8.44. The maximum atomic E-state index is 12.3. The Hall–Kier alpha value is -1.78. The maximum Gasteiger partial charge on any atom is 0.220 e. The Kier molecular flexibility index (Phi) is 6.04. The fraction of sp³-hybridized carbons (Fsp3) is 0.111. The van der Waals surface area contributed by atoms with Crippen molar-refractivity contribution in [2.45, 2.75) is 16.7 Å². The molecule has 2 rings (SSSR count). The van der Waals surface area contributed by atoms with Crippen molar-refractivity contribution in [1.82, 2.24) is 0 Å². The number of hydrogen-bond acceptors (Lipinski definition) is 4. The topological polar surface area (TPSA) is 34.1 Å². The molecule has 0 fully saturated rings. The first-order chi connectivity index (χ1) is 10.6. The Bertz CT molecular complexity index is 666. The van der Waals surface area contributed by atoms with Crippen molar-refractivity contribution in [2.24, 2.45) is 5.92 Å². The molecule has 2 nitrogen and oxygen atoms in total. The van der Waals surface area contributed by atoms with E-state index in [1.165, 1.54) is 0 Å². The predicted octanol–water partition coefficient (Wildman–Crippen LogP) is 4.82. The molecule has 4 heteroatoms. The molecule has 2 aromatic rings. The highest BCUT2D eigenvalue weighted by Gasteiger charge is 2.23. The second-order valence-electron chi connectivity index (χ2n) is 4.68. The molecule has 0 saturated carbocycles. The molecule has 0 aliphatic heterocycles. The van der Waals surface area contributed by atoms with Crippen molar-refractivity contribution in [1.29, 1.82) is 0 Å². The van der Waals surface area contributed by atoms with Crippen LogP contribution in [0.4, 0.5) is 0 Å². The Morgan fingerprint density at radius 2 is 1.32 bits per heavy atom. The largest absolute Gasteiger partial charge is 0.286 e. The molecule has 1 atom stereocenters. The van der Waals surface area contributed by atoms with Crippen LogP contribution < -0.4 is 0 Å². The van der Waals surface area contributed by atoms with E-state index in [1.807, 2.05) is 60.7 Å². The first-order valence-electron chi connectivity index (χ1n) is 6.80. The molecular formula is C18H16O2S2. The highest BCUT2D eigenvalue weighted by molar-refractivity contribution is 8.14. The molecule has 0 amide bonds. The summed E-state index contributed by atoms with van der Waals surface area (Å²) in [4.78, 5) is 26.2. The minimum Gasteiger partial charge on any atom is -0.286 e. The van der Waals surface area contributed by atoms with Crippen LogP contribution in [0, 0.1) is 5.92 Å². The van der Waals surface area contributed by atoms with Gasteiger partial charge in [0.15, 0.2) is 0 Å². The number of benzene rings is 2. The standard InChI is InChI=1S/C18H16O2S2/c1-13(17(19)21-15-9-5-3-6-10-15)14(2)18(20)22-16-11-7-4-8-12-16/h3-12,14H,1H2,2H3. The lowest BCUT2D eigenvalue weighted by Crippen LogP contribution is -2.14. The molecule has 0 spiro atoms. The summed E-state index contributed by atoms with van der Waals surface area (Å²) in [7, 11) is 0. The fourth-order valence-corrected chi connectivity index (χ4v) is 3.33. The van der Waals surface area contributed by atoms with Crippen molar-refractivity contribution in [3.63, 3.8) is 0 Å². The van der Waals surface area contributed by atoms with E-state index in [-0.39, 0.29) is 10.2 Å². The monoisotopic (exact) mass is 328 g/mol. The van der Waals surface area contributed by atoms with Gasteiger partial charge >= 0.3 is 0 Å². The van der Waals surface area contributed by atoms with Gasteiger partial charge in [0.1, 0.15) is 0 Å². The SMILES string of the molecule is C=C(C(=O)Sc1ccccc1)C(C)C(=O)Sc1ccccc1. The number of rotatable bonds is 5. The molecule has 0 aromatic heterocycles. The summed E-state index contributed by atoms with van der Waals surface area (Å²) in [5.41, 5.74) is 0.335. The summed E-state index contributed by atoms with van der Waals surface area (Å²) in [6.07, 6.45) is 0. The van der Waals surface area contributed by atoms with Gasteiger partial charge in [0.05, 0.1) is 5.92 Å². The summed E-state index contributed by atoms with van der Waals surface area (Å²) in [6, 6.07) is 18.8. The van der Waals surface area contributed by atoms with Gasteiger partial charge in [-0.05, 0) is 36.0 Å². The second-order valence-corrected chi connectivity index (χ2v) is 6.81. The van der Waals surface area contributed by atoms with Crippen LogP contribution in [0.5, 0.6) is 0 Å². The van der Waals surface area contributed by atoms with Crippen molar-refractivity contribution in [3.8, 4) is 0 Å². The number of hydrogen-bond donors (Lipinski definition) is 0. The minimum absolute atomic E-state index is 0.0711. The zero-order valence-electron chi connectivity index (χ0n) is 12.2. The molecule has 22 heavy (non-hydrogen) atoms. The minimum atomic E-state index is -0.506. The van der Waals surface area contributed by atoms with E-state index in [4.69, 9.17) is 0 Å². The Morgan fingerprint density at radius 3 is 1.82 bits per heavy atom. The van der Waals surface area contributed by atoms with E-state index in [1.54, 1.807) is 6.92 Å². The third-order valence-electron chi connectivity index (χ3n) is 3.05. The lowest BCUT2D eigenvalue weighted by molar-refractivity contribution is -0.115. The van der Waals surface area contributed by atoms with Crippen molar-refractivity contribution in [2.75, 3.05) is 0 Å². The van der Waals surface area contributed by atoms with Crippen LogP contribution in [0.1, 0.15) is 6.92 Å². The van der Waals surface area contributed by atoms with Crippen LogP contribution in [0.2, 0.25) is 0 Å². The van der Waals surface area contributed by atoms with Gasteiger partial charge in [-0.3, -0.25) is 9.59 Å². The van der Waals surface area contributed by atoms with Gasteiger partial charge < -0.3 is 0 Å². The van der Waals surface area contributed by atoms with E-state index in [9.17, 15) is 9.59 Å². The van der Waals surface area contributed by atoms with E-state index in [2.05, 4.69) is 6.58 Å². The predicted molar refractivity (Wildman–Crippen MR) is 92.9 cm³/mol. The van der Waals surface area contributed by atoms with E-state index in [0.29, 0.717) is 5.57 Å². The normalized spacial score (nSPS) is 11.7. The number of carbonyl (C=O) groups is 2. The van der Waals surface area contributed by atoms with Crippen LogP contribution in [-0.4, -0.2) is 10.2 Å². The summed E-state index contributed by atoms with van der Waals surface area (Å²) >= 11 is 2.25. The van der Waals surface area contributed by atoms with Crippen molar-refractivity contribution < 1.29 is 9.59 Å². The lowest BCUT2D eigenvalue weighted by Gasteiger charge is -2.12. The highest BCUT2D eigenvalue weighted by atomic mass is 32.2. The molecule has 2 aromatic carbocycles. The van der Waals surface area contributed by atoms with Gasteiger partial charge in [-0.2, -0.15) is 0 Å². The summed E-state index contributed by atoms with van der Waals surface area (Å²) in [5, 5.41) is -0.237. The van der Waals surface area contributed by atoms with Crippen molar-refractivity contribution >= 4 is 33.8 Å². The van der Waals surface area contributed by atoms with E-state index in [0.717, 1.165) is 33.3 Å². The zero-order chi connectivity index (χ0) is 15.9. The zero-order valence-corrected chi connectivity index (χ0v) is 13.8. The lowest BCUT2D eigenvalue weighted by atomic mass is 10.1. The van der Waals surface area contributed by atoms with Gasteiger partial charge in [-0.15, -0.1) is 0 Å². The van der Waals surface area contributed by atoms with Gasteiger partial charge in [0.25, 0.3) is 0 Å². The molecule has 0 N–H and O–H groups in total. The summed E-state index contributed by atoms with van der Waals surface area (Å²) in [6.45, 7) is 5.54. The van der Waals surface area contributed by atoms with Gasteiger partial charge in [-0.25, -0.2) is 0 Å². The van der Waals surface area contributed by atoms with Gasteiger partial charge in [0.2, 0.25) is 10.2 Å². The van der Waals surface area contributed by atoms with Crippen LogP contribution in [0.25, 0.3) is 0 Å². The Morgan fingerprint density at radius 1 is 0.864 bits per heavy atom. The fourth-order valence-electron chi connectivity index (χ4n) is 1.67. The molecule has 0 bridgehead atoms. The van der Waals surface area contributed by atoms with Crippen LogP contribution in [0.15, 0.2) is 82.6 Å². The highest BCUT2D eigenvalue weighted by Crippen LogP contribution is 2.29.